The third-order valence-corrected chi connectivity index (χ3v) is 4.35. The Morgan fingerprint density at radius 2 is 2.35 bits per heavy atom. The second kappa shape index (κ2) is 5.85. The Labute approximate surface area is 119 Å². The second-order valence-corrected chi connectivity index (χ2v) is 5.49. The van der Waals surface area contributed by atoms with Gasteiger partial charge >= 0.3 is 0 Å². The van der Waals surface area contributed by atoms with Crippen molar-refractivity contribution >= 4 is 10.9 Å². The summed E-state index contributed by atoms with van der Waals surface area (Å²) >= 11 is 0. The van der Waals surface area contributed by atoms with Crippen molar-refractivity contribution < 1.29 is 9.84 Å². The molecule has 4 nitrogen and oxygen atoms in total. The molecule has 1 atom stereocenters. The Morgan fingerprint density at radius 3 is 3.15 bits per heavy atom. The average Bonchev–Trinajstić information content (AvgIpc) is 3.10. The maximum Gasteiger partial charge on any atom is 0.119 e. The predicted molar refractivity (Wildman–Crippen MR) is 80.2 cm³/mol. The summed E-state index contributed by atoms with van der Waals surface area (Å²) in [7, 11) is 1.70. The van der Waals surface area contributed by atoms with Crippen LogP contribution in [0.5, 0.6) is 5.75 Å². The fraction of sp³-hybridized carbons (Fsp3) is 0.500. The van der Waals surface area contributed by atoms with Gasteiger partial charge in [-0.25, -0.2) is 0 Å². The average molecular weight is 274 g/mol. The van der Waals surface area contributed by atoms with Crippen molar-refractivity contribution in [2.24, 2.45) is 0 Å². The van der Waals surface area contributed by atoms with E-state index >= 15 is 0 Å². The van der Waals surface area contributed by atoms with E-state index in [9.17, 15) is 5.11 Å². The molecular weight excluding hydrogens is 252 g/mol. The number of aromatic amines is 1. The largest absolute Gasteiger partial charge is 0.497 e. The van der Waals surface area contributed by atoms with Gasteiger partial charge in [-0.2, -0.15) is 0 Å². The van der Waals surface area contributed by atoms with Gasteiger partial charge in [0, 0.05) is 29.7 Å². The molecule has 1 aliphatic heterocycles. The zero-order chi connectivity index (χ0) is 13.9. The zero-order valence-electron chi connectivity index (χ0n) is 11.9. The van der Waals surface area contributed by atoms with Gasteiger partial charge in [-0.3, -0.25) is 4.90 Å². The lowest BCUT2D eigenvalue weighted by Crippen LogP contribution is -2.33. The normalized spacial score (nSPS) is 19.8. The first-order valence-electron chi connectivity index (χ1n) is 7.30. The third-order valence-electron chi connectivity index (χ3n) is 4.35. The summed E-state index contributed by atoms with van der Waals surface area (Å²) in [5.41, 5.74) is 2.48. The summed E-state index contributed by atoms with van der Waals surface area (Å²) in [6.45, 7) is 2.40. The van der Waals surface area contributed by atoms with E-state index in [0.717, 1.165) is 37.2 Å². The fourth-order valence-electron chi connectivity index (χ4n) is 3.15. The zero-order valence-corrected chi connectivity index (χ0v) is 11.9. The van der Waals surface area contributed by atoms with Crippen molar-refractivity contribution in [2.45, 2.75) is 25.3 Å². The minimum absolute atomic E-state index is 0.279. The number of likely N-dealkylation sites (tertiary alicyclic amines) is 1. The van der Waals surface area contributed by atoms with Gasteiger partial charge in [0.1, 0.15) is 5.75 Å². The molecule has 108 valence electrons. The number of rotatable bonds is 5. The first-order valence-corrected chi connectivity index (χ1v) is 7.30. The molecule has 0 bridgehead atoms. The van der Waals surface area contributed by atoms with Gasteiger partial charge in [-0.1, -0.05) is 0 Å². The number of nitrogens with one attached hydrogen (secondary N) is 1. The van der Waals surface area contributed by atoms with Gasteiger partial charge in [0.2, 0.25) is 0 Å². The molecule has 1 aliphatic rings. The fourth-order valence-corrected chi connectivity index (χ4v) is 3.15. The van der Waals surface area contributed by atoms with E-state index < -0.39 is 0 Å². The lowest BCUT2D eigenvalue weighted by atomic mass is 10.1. The van der Waals surface area contributed by atoms with E-state index in [1.165, 1.54) is 17.4 Å². The van der Waals surface area contributed by atoms with Gasteiger partial charge in [-0.05, 0) is 49.6 Å². The number of H-pyrrole nitrogens is 1. The summed E-state index contributed by atoms with van der Waals surface area (Å²) in [6, 6.07) is 6.48. The monoisotopic (exact) mass is 274 g/mol. The maximum absolute atomic E-state index is 9.37. The molecule has 4 heteroatoms. The standard InChI is InChI=1S/C16H22N2O2/c1-20-14-4-5-16-15(9-14)12(10-17-16)6-8-18-7-2-3-13(18)11-19/h4-5,9-10,13,17,19H,2-3,6-8,11H2,1H3. The molecule has 1 aromatic carbocycles. The number of methoxy groups -OCH3 is 1. The highest BCUT2D eigenvalue weighted by Crippen LogP contribution is 2.25. The molecule has 20 heavy (non-hydrogen) atoms. The van der Waals surface area contributed by atoms with Crippen molar-refractivity contribution in [2.75, 3.05) is 26.8 Å². The summed E-state index contributed by atoms with van der Waals surface area (Å²) < 4.78 is 5.30. The van der Waals surface area contributed by atoms with E-state index in [4.69, 9.17) is 4.74 Å². The Kier molecular flexibility index (Phi) is 3.94. The molecule has 0 amide bonds. The van der Waals surface area contributed by atoms with Crippen LogP contribution in [0.4, 0.5) is 0 Å². The molecule has 2 N–H and O–H groups in total. The summed E-state index contributed by atoms with van der Waals surface area (Å²) in [4.78, 5) is 5.72. The minimum atomic E-state index is 0.279. The van der Waals surface area contributed by atoms with E-state index in [1.54, 1.807) is 7.11 Å². The smallest absolute Gasteiger partial charge is 0.119 e. The molecule has 2 heterocycles. The molecule has 0 saturated carbocycles. The van der Waals surface area contributed by atoms with Crippen molar-refractivity contribution in [1.29, 1.82) is 0 Å². The first-order chi connectivity index (χ1) is 9.81. The molecule has 1 aromatic heterocycles. The molecular formula is C16H22N2O2. The number of nitrogens with zero attached hydrogens (tertiary/aromatic N) is 1. The van der Waals surface area contributed by atoms with Crippen molar-refractivity contribution in [1.82, 2.24) is 9.88 Å². The minimum Gasteiger partial charge on any atom is -0.497 e. The number of fused-ring (bicyclic) bond motifs is 1. The van der Waals surface area contributed by atoms with Crippen LogP contribution in [0.15, 0.2) is 24.4 Å². The van der Waals surface area contributed by atoms with Crippen LogP contribution in [0.2, 0.25) is 0 Å². The molecule has 0 spiro atoms. The number of benzene rings is 1. The van der Waals surface area contributed by atoms with E-state index in [0.29, 0.717) is 6.04 Å². The van der Waals surface area contributed by atoms with Crippen LogP contribution in [0.3, 0.4) is 0 Å². The Balaban J connectivity index is 1.74. The van der Waals surface area contributed by atoms with Crippen LogP contribution < -0.4 is 4.74 Å². The van der Waals surface area contributed by atoms with Gasteiger partial charge < -0.3 is 14.8 Å². The van der Waals surface area contributed by atoms with Crippen LogP contribution >= 0.6 is 0 Å². The van der Waals surface area contributed by atoms with Gasteiger partial charge in [0.05, 0.1) is 13.7 Å². The van der Waals surface area contributed by atoms with Gasteiger partial charge in [-0.15, -0.1) is 0 Å². The number of hydrogen-bond acceptors (Lipinski definition) is 3. The van der Waals surface area contributed by atoms with Crippen molar-refractivity contribution in [3.63, 3.8) is 0 Å². The van der Waals surface area contributed by atoms with Crippen LogP contribution in [0, 0.1) is 0 Å². The second-order valence-electron chi connectivity index (χ2n) is 5.49. The molecule has 1 fully saturated rings. The first kappa shape index (κ1) is 13.5. The lowest BCUT2D eigenvalue weighted by Gasteiger charge is -2.22. The number of aliphatic hydroxyl groups is 1. The lowest BCUT2D eigenvalue weighted by molar-refractivity contribution is 0.160. The maximum atomic E-state index is 9.37. The van der Waals surface area contributed by atoms with Crippen LogP contribution in [0.1, 0.15) is 18.4 Å². The summed E-state index contributed by atoms with van der Waals surface area (Å²) in [6.07, 6.45) is 5.42. The number of aliphatic hydroxyl groups excluding tert-OH is 1. The molecule has 3 rings (SSSR count). The highest BCUT2D eigenvalue weighted by Gasteiger charge is 2.23. The highest BCUT2D eigenvalue weighted by atomic mass is 16.5. The quantitative estimate of drug-likeness (QED) is 0.878. The molecule has 1 unspecified atom stereocenters. The van der Waals surface area contributed by atoms with Crippen molar-refractivity contribution in [3.8, 4) is 5.75 Å². The van der Waals surface area contributed by atoms with Crippen LogP contribution in [-0.4, -0.2) is 47.8 Å². The van der Waals surface area contributed by atoms with Gasteiger partial charge in [0.15, 0.2) is 0 Å². The van der Waals surface area contributed by atoms with Crippen molar-refractivity contribution in [3.05, 3.63) is 30.0 Å². The van der Waals surface area contributed by atoms with E-state index in [-0.39, 0.29) is 6.61 Å². The molecule has 0 aliphatic carbocycles. The number of ether oxygens (including phenoxy) is 1. The third kappa shape index (κ3) is 2.53. The SMILES string of the molecule is COc1ccc2[nH]cc(CCN3CCCC3CO)c2c1. The molecule has 0 radical (unpaired) electrons. The Bertz CT molecular complexity index is 579. The van der Waals surface area contributed by atoms with Crippen LogP contribution in [-0.2, 0) is 6.42 Å². The topological polar surface area (TPSA) is 48.5 Å². The Hall–Kier alpha value is -1.52. The van der Waals surface area contributed by atoms with Gasteiger partial charge in [0.25, 0.3) is 0 Å². The van der Waals surface area contributed by atoms with E-state index in [1.807, 2.05) is 6.07 Å². The number of hydrogen-bond donors (Lipinski definition) is 2. The highest BCUT2D eigenvalue weighted by molar-refractivity contribution is 5.84. The summed E-state index contributed by atoms with van der Waals surface area (Å²) in [5, 5.41) is 10.6. The van der Waals surface area contributed by atoms with Crippen LogP contribution in [0.25, 0.3) is 10.9 Å². The number of aromatic nitrogens is 1. The Morgan fingerprint density at radius 1 is 1.45 bits per heavy atom. The molecule has 2 aromatic rings. The summed E-state index contributed by atoms with van der Waals surface area (Å²) in [5.74, 6) is 0.896. The van der Waals surface area contributed by atoms with E-state index in [2.05, 4.69) is 28.2 Å². The predicted octanol–water partition coefficient (Wildman–Crippen LogP) is 2.18. The molecule has 1 saturated heterocycles.